The van der Waals surface area contributed by atoms with Crippen LogP contribution in [0.15, 0.2) is 36.4 Å². The molecule has 0 radical (unpaired) electrons. The second-order valence-corrected chi connectivity index (χ2v) is 10.3. The summed E-state index contributed by atoms with van der Waals surface area (Å²) in [6, 6.07) is 11.3. The fraction of sp³-hybridized carbons (Fsp3) is 0.500. The predicted octanol–water partition coefficient (Wildman–Crippen LogP) is 2.63. The molecular weight excluding hydrogens is 532 g/mol. The highest BCUT2D eigenvalue weighted by Crippen LogP contribution is 2.39. The van der Waals surface area contributed by atoms with Gasteiger partial charge in [-0.15, -0.1) is 5.10 Å². The molecule has 1 saturated heterocycles. The lowest BCUT2D eigenvalue weighted by atomic mass is 9.98. The highest BCUT2D eigenvalue weighted by Gasteiger charge is 2.38. The molecule has 41 heavy (non-hydrogen) atoms. The number of aromatic nitrogens is 2. The fourth-order valence-corrected chi connectivity index (χ4v) is 4.99. The maximum Gasteiger partial charge on any atom is 0.239 e. The fourth-order valence-electron chi connectivity index (χ4n) is 4.99. The van der Waals surface area contributed by atoms with Gasteiger partial charge in [-0.25, -0.2) is 0 Å². The number of aliphatic hydroxyl groups is 4. The Morgan fingerprint density at radius 1 is 1.05 bits per heavy atom. The summed E-state index contributed by atoms with van der Waals surface area (Å²) < 4.78 is 30.7. The Bertz CT molecular complexity index is 1310. The molecule has 11 heteroatoms. The summed E-state index contributed by atoms with van der Waals surface area (Å²) in [6.45, 7) is 5.61. The van der Waals surface area contributed by atoms with E-state index in [0.29, 0.717) is 23.8 Å². The van der Waals surface area contributed by atoms with Crippen molar-refractivity contribution < 1.29 is 44.1 Å². The smallest absolute Gasteiger partial charge is 0.239 e. The topological polar surface area (TPSA) is 145 Å². The molecule has 1 fully saturated rings. The van der Waals surface area contributed by atoms with Crippen LogP contribution in [0.3, 0.4) is 0 Å². The van der Waals surface area contributed by atoms with Crippen molar-refractivity contribution in [3.8, 4) is 34.4 Å². The van der Waals surface area contributed by atoms with Crippen LogP contribution >= 0.6 is 0 Å². The first-order valence-corrected chi connectivity index (χ1v) is 13.7. The van der Waals surface area contributed by atoms with Gasteiger partial charge in [0.05, 0.1) is 39.2 Å². The Morgan fingerprint density at radius 2 is 1.80 bits per heavy atom. The number of hydrogen-bond acceptors (Lipinski definition) is 10. The van der Waals surface area contributed by atoms with Gasteiger partial charge in [0.15, 0.2) is 0 Å². The third-order valence-corrected chi connectivity index (χ3v) is 7.07. The molecule has 4 atom stereocenters. The molecule has 0 spiro atoms. The number of rotatable bonds is 12. The van der Waals surface area contributed by atoms with E-state index in [9.17, 15) is 15.3 Å². The number of ether oxygens (including phenoxy) is 5. The van der Waals surface area contributed by atoms with E-state index >= 15 is 0 Å². The molecule has 0 amide bonds. The van der Waals surface area contributed by atoms with Gasteiger partial charge in [0.2, 0.25) is 12.2 Å². The van der Waals surface area contributed by atoms with Crippen LogP contribution in [0.5, 0.6) is 23.1 Å². The van der Waals surface area contributed by atoms with E-state index in [-0.39, 0.29) is 25.7 Å². The second-order valence-electron chi connectivity index (χ2n) is 10.3. The zero-order valence-corrected chi connectivity index (χ0v) is 24.1. The summed E-state index contributed by atoms with van der Waals surface area (Å²) >= 11 is 0. The molecule has 2 aromatic carbocycles. The Labute approximate surface area is 239 Å². The van der Waals surface area contributed by atoms with Crippen molar-refractivity contribution in [3.63, 3.8) is 0 Å². The summed E-state index contributed by atoms with van der Waals surface area (Å²) in [4.78, 5) is 0. The maximum atomic E-state index is 10.4. The van der Waals surface area contributed by atoms with Gasteiger partial charge in [0.1, 0.15) is 36.1 Å². The van der Waals surface area contributed by atoms with E-state index in [0.717, 1.165) is 33.7 Å². The average Bonchev–Trinajstić information content (AvgIpc) is 3.31. The van der Waals surface area contributed by atoms with Gasteiger partial charge in [-0.05, 0) is 56.2 Å². The maximum absolute atomic E-state index is 10.4. The monoisotopic (exact) mass is 572 g/mol. The van der Waals surface area contributed by atoms with E-state index in [2.05, 4.69) is 0 Å². The summed E-state index contributed by atoms with van der Waals surface area (Å²) in [5, 5.41) is 44.2. The van der Waals surface area contributed by atoms with Crippen LogP contribution in [0.25, 0.3) is 11.3 Å². The molecule has 224 valence electrons. The minimum absolute atomic E-state index is 0.00281. The van der Waals surface area contributed by atoms with Crippen molar-refractivity contribution in [2.75, 3.05) is 34.0 Å². The van der Waals surface area contributed by atoms with Gasteiger partial charge in [-0.1, -0.05) is 6.07 Å². The Balaban J connectivity index is 1.82. The summed E-state index contributed by atoms with van der Waals surface area (Å²) in [7, 11) is 3.21. The number of aryl methyl sites for hydroxylation is 1. The number of hydrogen-bond donors (Lipinski definition) is 4. The Hall–Kier alpha value is -3.35. The molecule has 4 rings (SSSR count). The molecule has 11 nitrogen and oxygen atoms in total. The lowest BCUT2D eigenvalue weighted by molar-refractivity contribution is -0.230. The van der Waals surface area contributed by atoms with Crippen LogP contribution in [0, 0.1) is 6.92 Å². The van der Waals surface area contributed by atoms with Crippen molar-refractivity contribution in [2.45, 2.75) is 64.3 Å². The number of nitrogens with zero attached hydrogens (tertiary/aromatic N) is 2. The molecule has 1 aromatic heterocycles. The van der Waals surface area contributed by atoms with Crippen LogP contribution in [-0.4, -0.2) is 88.8 Å². The van der Waals surface area contributed by atoms with Crippen LogP contribution in [-0.2, 0) is 11.2 Å². The minimum atomic E-state index is -1.22. The van der Waals surface area contributed by atoms with Gasteiger partial charge in [0.25, 0.3) is 0 Å². The van der Waals surface area contributed by atoms with Gasteiger partial charge >= 0.3 is 0 Å². The molecule has 0 saturated carbocycles. The minimum Gasteiger partial charge on any atom is -0.496 e. The molecule has 1 aliphatic heterocycles. The zero-order valence-electron chi connectivity index (χ0n) is 24.1. The first-order valence-electron chi connectivity index (χ1n) is 13.7. The molecular formula is C30H40N2O9. The standard InChI is InChI=1S/C30H40N2O9/c1-17(2)32-28(20-7-9-24(37-4)18(3)12-20)22(13-19-6-8-21(39-11-10-33)14-25(19)38-5)30(31-32)41-27-15-23(35)29(36)26(16-34)40-27/h6-9,12,14,17,23,26-27,29,33-36H,10-11,13,15-16H2,1-5H3/t23-,26-,27+,29+/m1/s1. The highest BCUT2D eigenvalue weighted by atomic mass is 16.7. The molecule has 2 heterocycles. The van der Waals surface area contributed by atoms with E-state index in [1.54, 1.807) is 20.3 Å². The van der Waals surface area contributed by atoms with Crippen LogP contribution in [0.4, 0.5) is 0 Å². The number of aliphatic hydroxyl groups excluding tert-OH is 4. The quantitative estimate of drug-likeness (QED) is 0.256. The summed E-state index contributed by atoms with van der Waals surface area (Å²) in [5.74, 6) is 2.22. The van der Waals surface area contributed by atoms with Crippen molar-refractivity contribution in [3.05, 3.63) is 53.1 Å². The van der Waals surface area contributed by atoms with Gasteiger partial charge < -0.3 is 44.1 Å². The first-order chi connectivity index (χ1) is 19.7. The van der Waals surface area contributed by atoms with Gasteiger partial charge in [-0.2, -0.15) is 0 Å². The van der Waals surface area contributed by atoms with E-state index in [4.69, 9.17) is 33.9 Å². The lowest BCUT2D eigenvalue weighted by Crippen LogP contribution is -2.51. The summed E-state index contributed by atoms with van der Waals surface area (Å²) in [5.41, 5.74) is 4.30. The van der Waals surface area contributed by atoms with Gasteiger partial charge in [0, 0.05) is 36.1 Å². The van der Waals surface area contributed by atoms with Crippen LogP contribution in [0.2, 0.25) is 0 Å². The molecule has 1 aliphatic rings. The molecule has 3 aromatic rings. The van der Waals surface area contributed by atoms with Crippen LogP contribution < -0.4 is 18.9 Å². The highest BCUT2D eigenvalue weighted by molar-refractivity contribution is 5.69. The first kappa shape index (κ1) is 30.6. The van der Waals surface area contributed by atoms with Gasteiger partial charge in [-0.3, -0.25) is 4.68 Å². The molecule has 0 unspecified atom stereocenters. The third-order valence-electron chi connectivity index (χ3n) is 7.07. The van der Waals surface area contributed by atoms with Crippen molar-refractivity contribution in [1.82, 2.24) is 9.78 Å². The van der Waals surface area contributed by atoms with E-state index in [1.165, 1.54) is 0 Å². The molecule has 4 N–H and O–H groups in total. The second kappa shape index (κ2) is 13.5. The molecule has 0 bridgehead atoms. The van der Waals surface area contributed by atoms with E-state index in [1.807, 2.05) is 55.8 Å². The molecule has 0 aliphatic carbocycles. The number of benzene rings is 2. The van der Waals surface area contributed by atoms with Crippen molar-refractivity contribution in [2.24, 2.45) is 0 Å². The zero-order chi connectivity index (χ0) is 29.7. The largest absolute Gasteiger partial charge is 0.496 e. The lowest BCUT2D eigenvalue weighted by Gasteiger charge is -2.35. The third kappa shape index (κ3) is 6.77. The SMILES string of the molecule is COc1ccc(-c2c(Cc3ccc(OCCO)cc3OC)c(O[C@H]3C[C@@H](O)[C@H](O)[C@@H](CO)O3)nn2C(C)C)cc1C. The van der Waals surface area contributed by atoms with Crippen LogP contribution in [0.1, 0.15) is 43.0 Å². The Kier molecular flexibility index (Phi) is 10.1. The van der Waals surface area contributed by atoms with Crippen molar-refractivity contribution in [1.29, 1.82) is 0 Å². The summed E-state index contributed by atoms with van der Waals surface area (Å²) in [6.07, 6.45) is -3.91. The number of methoxy groups -OCH3 is 2. The average molecular weight is 573 g/mol. The predicted molar refractivity (Wildman–Crippen MR) is 151 cm³/mol. The normalized spacial score (nSPS) is 20.7. The Morgan fingerprint density at radius 3 is 2.44 bits per heavy atom. The van der Waals surface area contributed by atoms with Crippen molar-refractivity contribution >= 4 is 0 Å². The van der Waals surface area contributed by atoms with E-state index < -0.39 is 31.2 Å².